The second kappa shape index (κ2) is 5.64. The molecule has 1 aliphatic carbocycles. The standard InChI is InChI=1S/C11H13BrClN3/c12-8-6-10(11(13)14-7-8)16-15-9-4-2-1-3-5-9/h6-7,16H,1-5H2. The van der Waals surface area contributed by atoms with Crippen molar-refractivity contribution in [2.75, 3.05) is 5.43 Å². The molecule has 0 unspecified atom stereocenters. The third-order valence-corrected chi connectivity index (χ3v) is 3.31. The van der Waals surface area contributed by atoms with Crippen LogP contribution in [0.3, 0.4) is 0 Å². The third-order valence-electron chi connectivity index (χ3n) is 2.57. The van der Waals surface area contributed by atoms with E-state index in [4.69, 9.17) is 11.6 Å². The van der Waals surface area contributed by atoms with E-state index in [1.807, 2.05) is 6.07 Å². The smallest absolute Gasteiger partial charge is 0.154 e. The molecule has 1 aromatic heterocycles. The number of nitrogens with zero attached hydrogens (tertiary/aromatic N) is 2. The number of hydrazone groups is 1. The lowest BCUT2D eigenvalue weighted by atomic mass is 9.99. The monoisotopic (exact) mass is 301 g/mol. The van der Waals surface area contributed by atoms with Gasteiger partial charge in [-0.25, -0.2) is 4.98 Å². The fourth-order valence-corrected chi connectivity index (χ4v) is 2.19. The Morgan fingerprint density at radius 1 is 1.31 bits per heavy atom. The van der Waals surface area contributed by atoms with Crippen molar-refractivity contribution in [3.8, 4) is 0 Å². The largest absolute Gasteiger partial charge is 0.275 e. The predicted molar refractivity (Wildman–Crippen MR) is 71.1 cm³/mol. The van der Waals surface area contributed by atoms with Gasteiger partial charge >= 0.3 is 0 Å². The Labute approximate surface area is 108 Å². The Kier molecular flexibility index (Phi) is 4.18. The van der Waals surface area contributed by atoms with Crippen molar-refractivity contribution in [3.63, 3.8) is 0 Å². The van der Waals surface area contributed by atoms with Gasteiger partial charge in [0, 0.05) is 16.4 Å². The van der Waals surface area contributed by atoms with E-state index in [2.05, 4.69) is 31.4 Å². The molecule has 1 heterocycles. The van der Waals surface area contributed by atoms with E-state index in [-0.39, 0.29) is 0 Å². The van der Waals surface area contributed by atoms with Crippen molar-refractivity contribution < 1.29 is 0 Å². The van der Waals surface area contributed by atoms with Crippen molar-refractivity contribution in [1.29, 1.82) is 0 Å². The number of anilines is 1. The molecule has 5 heteroatoms. The van der Waals surface area contributed by atoms with E-state index in [1.165, 1.54) is 25.0 Å². The van der Waals surface area contributed by atoms with E-state index in [1.54, 1.807) is 6.20 Å². The lowest BCUT2D eigenvalue weighted by molar-refractivity contribution is 0.665. The summed E-state index contributed by atoms with van der Waals surface area (Å²) >= 11 is 9.30. The van der Waals surface area contributed by atoms with E-state index in [0.717, 1.165) is 23.0 Å². The van der Waals surface area contributed by atoms with E-state index < -0.39 is 0 Å². The molecule has 2 rings (SSSR count). The average molecular weight is 303 g/mol. The van der Waals surface area contributed by atoms with Crippen LogP contribution in [0.15, 0.2) is 21.8 Å². The molecule has 86 valence electrons. The van der Waals surface area contributed by atoms with Crippen LogP contribution in [0.25, 0.3) is 0 Å². The minimum Gasteiger partial charge on any atom is -0.275 e. The number of hydrogen-bond donors (Lipinski definition) is 1. The van der Waals surface area contributed by atoms with Crippen LogP contribution in [0.1, 0.15) is 32.1 Å². The summed E-state index contributed by atoms with van der Waals surface area (Å²) in [5.74, 6) is 0. The highest BCUT2D eigenvalue weighted by molar-refractivity contribution is 9.10. The second-order valence-electron chi connectivity index (χ2n) is 3.84. The number of rotatable bonds is 2. The Bertz CT molecular complexity index is 398. The van der Waals surface area contributed by atoms with Crippen LogP contribution in [-0.4, -0.2) is 10.7 Å². The molecule has 0 radical (unpaired) electrons. The van der Waals surface area contributed by atoms with Gasteiger partial charge in [0.1, 0.15) is 0 Å². The topological polar surface area (TPSA) is 37.3 Å². The first-order valence-corrected chi connectivity index (χ1v) is 6.55. The highest BCUT2D eigenvalue weighted by Crippen LogP contribution is 2.23. The molecule has 1 saturated carbocycles. The molecule has 16 heavy (non-hydrogen) atoms. The maximum Gasteiger partial charge on any atom is 0.154 e. The molecule has 0 amide bonds. The zero-order valence-corrected chi connectivity index (χ0v) is 11.2. The van der Waals surface area contributed by atoms with Crippen molar-refractivity contribution in [3.05, 3.63) is 21.9 Å². The lowest BCUT2D eigenvalue weighted by Gasteiger charge is -2.12. The number of pyridine rings is 1. The van der Waals surface area contributed by atoms with Gasteiger partial charge in [-0.15, -0.1) is 0 Å². The third kappa shape index (κ3) is 3.19. The van der Waals surface area contributed by atoms with Crippen molar-refractivity contribution in [1.82, 2.24) is 4.98 Å². The molecule has 0 saturated heterocycles. The normalized spacial score (nSPS) is 16.0. The van der Waals surface area contributed by atoms with Gasteiger partial charge in [-0.2, -0.15) is 5.10 Å². The van der Waals surface area contributed by atoms with Gasteiger partial charge < -0.3 is 0 Å². The number of hydrogen-bond acceptors (Lipinski definition) is 3. The number of nitrogens with one attached hydrogen (secondary N) is 1. The van der Waals surface area contributed by atoms with Gasteiger partial charge in [0.15, 0.2) is 5.15 Å². The summed E-state index contributed by atoms with van der Waals surface area (Å²) in [5, 5.41) is 4.82. The summed E-state index contributed by atoms with van der Waals surface area (Å²) in [4.78, 5) is 4.03. The molecule has 1 N–H and O–H groups in total. The molecular weight excluding hydrogens is 289 g/mol. The molecule has 0 bridgehead atoms. The molecular formula is C11H13BrClN3. The summed E-state index contributed by atoms with van der Waals surface area (Å²) in [6, 6.07) is 1.88. The van der Waals surface area contributed by atoms with Gasteiger partial charge in [-0.05, 0) is 47.7 Å². The van der Waals surface area contributed by atoms with Crippen LogP contribution >= 0.6 is 27.5 Å². The van der Waals surface area contributed by atoms with E-state index in [9.17, 15) is 0 Å². The van der Waals surface area contributed by atoms with Crippen LogP contribution in [0.4, 0.5) is 5.69 Å². The zero-order valence-electron chi connectivity index (χ0n) is 8.84. The molecule has 1 aliphatic rings. The Morgan fingerprint density at radius 3 is 2.81 bits per heavy atom. The fourth-order valence-electron chi connectivity index (χ4n) is 1.71. The molecule has 1 aromatic rings. The SMILES string of the molecule is Clc1ncc(Br)cc1NN=C1CCCCC1. The summed E-state index contributed by atoms with van der Waals surface area (Å²) in [5.41, 5.74) is 4.96. The first-order chi connectivity index (χ1) is 7.75. The van der Waals surface area contributed by atoms with Gasteiger partial charge in [0.25, 0.3) is 0 Å². The van der Waals surface area contributed by atoms with Gasteiger partial charge in [-0.3, -0.25) is 5.43 Å². The van der Waals surface area contributed by atoms with Crippen molar-refractivity contribution in [2.24, 2.45) is 5.10 Å². The summed E-state index contributed by atoms with van der Waals surface area (Å²) < 4.78 is 0.892. The molecule has 0 spiro atoms. The van der Waals surface area contributed by atoms with Crippen molar-refractivity contribution >= 4 is 38.9 Å². The quantitative estimate of drug-likeness (QED) is 0.655. The molecule has 1 fully saturated rings. The fraction of sp³-hybridized carbons (Fsp3) is 0.455. The predicted octanol–water partition coefficient (Wildman–Crippen LogP) is 4.23. The van der Waals surface area contributed by atoms with E-state index >= 15 is 0 Å². The maximum atomic E-state index is 5.95. The number of halogens is 2. The lowest BCUT2D eigenvalue weighted by Crippen LogP contribution is -2.07. The second-order valence-corrected chi connectivity index (χ2v) is 5.12. The molecule has 0 aliphatic heterocycles. The average Bonchev–Trinajstić information content (AvgIpc) is 2.32. The van der Waals surface area contributed by atoms with Crippen LogP contribution in [0.5, 0.6) is 0 Å². The zero-order chi connectivity index (χ0) is 11.4. The van der Waals surface area contributed by atoms with Crippen LogP contribution in [-0.2, 0) is 0 Å². The highest BCUT2D eigenvalue weighted by Gasteiger charge is 2.07. The summed E-state index contributed by atoms with van der Waals surface area (Å²) in [6.07, 6.45) is 7.65. The van der Waals surface area contributed by atoms with Gasteiger partial charge in [-0.1, -0.05) is 18.0 Å². The first-order valence-electron chi connectivity index (χ1n) is 5.38. The van der Waals surface area contributed by atoms with Crippen LogP contribution < -0.4 is 5.43 Å². The van der Waals surface area contributed by atoms with Crippen LogP contribution in [0.2, 0.25) is 5.15 Å². The summed E-state index contributed by atoms with van der Waals surface area (Å²) in [6.45, 7) is 0. The maximum absolute atomic E-state index is 5.95. The summed E-state index contributed by atoms with van der Waals surface area (Å²) in [7, 11) is 0. The highest BCUT2D eigenvalue weighted by atomic mass is 79.9. The molecule has 3 nitrogen and oxygen atoms in total. The minimum atomic E-state index is 0.448. The minimum absolute atomic E-state index is 0.448. The van der Waals surface area contributed by atoms with Crippen molar-refractivity contribution in [2.45, 2.75) is 32.1 Å². The molecule has 0 aromatic carbocycles. The Balaban J connectivity index is 2.05. The van der Waals surface area contributed by atoms with Gasteiger partial charge in [0.05, 0.1) is 5.69 Å². The number of aromatic nitrogens is 1. The van der Waals surface area contributed by atoms with E-state index in [0.29, 0.717) is 5.15 Å². The Morgan fingerprint density at radius 2 is 2.06 bits per heavy atom. The van der Waals surface area contributed by atoms with Gasteiger partial charge in [0.2, 0.25) is 0 Å². The van der Waals surface area contributed by atoms with Crippen LogP contribution in [0, 0.1) is 0 Å². The first kappa shape index (κ1) is 11.9. The molecule has 0 atom stereocenters. The Hall–Kier alpha value is -0.610.